The number of aromatic nitrogens is 2. The largest absolute Gasteiger partial charge is 0.351 e. The highest BCUT2D eigenvalue weighted by Gasteiger charge is 2.40. The minimum Gasteiger partial charge on any atom is -0.351 e. The second-order valence-electron chi connectivity index (χ2n) is 9.85. The molecule has 12 heteroatoms. The molecule has 3 aromatic rings. The van der Waals surface area contributed by atoms with Gasteiger partial charge in [0.2, 0.25) is 5.91 Å². The maximum atomic E-state index is 13.2. The van der Waals surface area contributed by atoms with E-state index in [1.54, 1.807) is 37.2 Å². The van der Waals surface area contributed by atoms with Crippen LogP contribution in [0.5, 0.6) is 0 Å². The molecule has 0 radical (unpaired) electrons. The number of rotatable bonds is 5. The molecule has 0 bridgehead atoms. The number of thiazole rings is 1. The molecule has 2 aliphatic rings. The molecule has 3 N–H and O–H groups in total. The normalized spacial score (nSPS) is 21.2. The van der Waals surface area contributed by atoms with Crippen molar-refractivity contribution >= 4 is 64.0 Å². The van der Waals surface area contributed by atoms with Crippen molar-refractivity contribution in [2.24, 2.45) is 5.92 Å². The molecule has 1 aromatic carbocycles. The summed E-state index contributed by atoms with van der Waals surface area (Å²) in [6.07, 6.45) is 1.72. The number of nitrogens with zero attached hydrogens (tertiary/aromatic N) is 3. The fourth-order valence-electron chi connectivity index (χ4n) is 5.05. The predicted molar refractivity (Wildman–Crippen MR) is 147 cm³/mol. The van der Waals surface area contributed by atoms with Crippen LogP contribution in [0.4, 0.5) is 0 Å². The van der Waals surface area contributed by atoms with Gasteiger partial charge in [-0.15, -0.1) is 23.7 Å². The van der Waals surface area contributed by atoms with E-state index in [9.17, 15) is 14.4 Å². The summed E-state index contributed by atoms with van der Waals surface area (Å²) in [7, 11) is 5.49. The molecule has 2 aromatic heterocycles. The van der Waals surface area contributed by atoms with Gasteiger partial charge in [0.05, 0.1) is 17.8 Å². The van der Waals surface area contributed by atoms with Crippen molar-refractivity contribution in [3.63, 3.8) is 0 Å². The highest BCUT2D eigenvalue weighted by molar-refractivity contribution is 7.13. The minimum atomic E-state index is -0.397. The molecule has 3 amide bonds. The summed E-state index contributed by atoms with van der Waals surface area (Å²) in [5.41, 5.74) is 2.19. The number of hydrogen-bond acceptors (Lipinski definition) is 6. The van der Waals surface area contributed by atoms with Gasteiger partial charge in [0, 0.05) is 60.3 Å². The van der Waals surface area contributed by atoms with Crippen molar-refractivity contribution in [1.82, 2.24) is 30.4 Å². The Hall–Kier alpha value is -2.66. The summed E-state index contributed by atoms with van der Waals surface area (Å²) in [5, 5.41) is 7.96. The zero-order valence-electron chi connectivity index (χ0n) is 20.8. The van der Waals surface area contributed by atoms with Crippen LogP contribution in [-0.2, 0) is 17.8 Å². The minimum absolute atomic E-state index is 0. The van der Waals surface area contributed by atoms with Gasteiger partial charge in [-0.3, -0.25) is 14.4 Å². The maximum Gasteiger partial charge on any atom is 0.280 e. The highest BCUT2D eigenvalue weighted by Crippen LogP contribution is 2.30. The molecular weight excluding hydrogens is 535 g/mol. The molecule has 9 nitrogen and oxygen atoms in total. The number of amides is 3. The highest BCUT2D eigenvalue weighted by atomic mass is 35.5. The molecule has 1 aliphatic carbocycles. The van der Waals surface area contributed by atoms with Gasteiger partial charge in [0.25, 0.3) is 11.8 Å². The van der Waals surface area contributed by atoms with E-state index in [2.05, 4.69) is 32.5 Å². The summed E-state index contributed by atoms with van der Waals surface area (Å²) in [4.78, 5) is 51.6. The summed E-state index contributed by atoms with van der Waals surface area (Å²) in [6, 6.07) is 6.34. The Morgan fingerprint density at radius 1 is 1.14 bits per heavy atom. The van der Waals surface area contributed by atoms with Gasteiger partial charge in [-0.1, -0.05) is 11.6 Å². The van der Waals surface area contributed by atoms with Gasteiger partial charge >= 0.3 is 0 Å². The number of H-pyrrole nitrogens is 1. The number of nitrogens with one attached hydrogen (secondary N) is 3. The Balaban J connectivity index is 0.00000320. The fraction of sp³-hybridized carbons (Fsp3) is 0.440. The van der Waals surface area contributed by atoms with Crippen molar-refractivity contribution < 1.29 is 14.4 Å². The smallest absolute Gasteiger partial charge is 0.280 e. The van der Waals surface area contributed by atoms with Gasteiger partial charge in [-0.05, 0) is 44.2 Å². The fourth-order valence-corrected chi connectivity index (χ4v) is 6.32. The summed E-state index contributed by atoms with van der Waals surface area (Å²) >= 11 is 7.49. The number of aromatic amines is 1. The lowest BCUT2D eigenvalue weighted by atomic mass is 10.1. The van der Waals surface area contributed by atoms with Gasteiger partial charge < -0.3 is 25.4 Å². The monoisotopic (exact) mass is 564 g/mol. The summed E-state index contributed by atoms with van der Waals surface area (Å²) in [6.45, 7) is 1.71. The lowest BCUT2D eigenvalue weighted by molar-refractivity contribution is -0.132. The van der Waals surface area contributed by atoms with Crippen molar-refractivity contribution in [3.8, 4) is 0 Å². The number of likely N-dealkylation sites (N-methyl/N-ethyl adjacent to an activating group) is 1. The zero-order chi connectivity index (χ0) is 25.6. The van der Waals surface area contributed by atoms with Gasteiger partial charge in [0.1, 0.15) is 5.69 Å². The van der Waals surface area contributed by atoms with Crippen LogP contribution < -0.4 is 10.6 Å². The average molecular weight is 566 g/mol. The Labute approximate surface area is 230 Å². The third-order valence-electron chi connectivity index (χ3n) is 6.93. The van der Waals surface area contributed by atoms with Crippen LogP contribution in [0.3, 0.4) is 0 Å². The van der Waals surface area contributed by atoms with Gasteiger partial charge in [-0.25, -0.2) is 4.98 Å². The standard InChI is InChI=1S/C25H29ClN6O3S.ClH/c1-31(2)25(35)14-10-18(28-22(33)20-9-13-8-15(26)4-5-16(13)27-20)19(11-14)29-23(34)24-30-17-6-7-32(3)12-21(17)36-24;/h4-5,8-9,14,18-19,27H,6-7,10-12H2,1-3H3,(H,28,33)(H,29,34);1H/t14?,18?,19-;/m1./s1. The van der Waals surface area contributed by atoms with Gasteiger partial charge in [-0.2, -0.15) is 0 Å². The first-order valence-electron chi connectivity index (χ1n) is 12.0. The topological polar surface area (TPSA) is 110 Å². The van der Waals surface area contributed by atoms with Crippen LogP contribution in [0, 0.1) is 5.92 Å². The Morgan fingerprint density at radius 2 is 1.84 bits per heavy atom. The molecule has 198 valence electrons. The van der Waals surface area contributed by atoms with E-state index in [1.807, 2.05) is 6.07 Å². The van der Waals surface area contributed by atoms with E-state index < -0.39 is 12.1 Å². The first kappa shape index (κ1) is 27.4. The molecular formula is C25H30Cl2N6O3S. The quantitative estimate of drug-likeness (QED) is 0.441. The van der Waals surface area contributed by atoms with E-state index in [4.69, 9.17) is 11.6 Å². The third kappa shape index (κ3) is 5.77. The second kappa shape index (κ2) is 11.0. The molecule has 0 saturated heterocycles. The first-order chi connectivity index (χ1) is 17.2. The lowest BCUT2D eigenvalue weighted by Crippen LogP contribution is -2.48. The third-order valence-corrected chi connectivity index (χ3v) is 8.25. The van der Waals surface area contributed by atoms with Crippen molar-refractivity contribution in [3.05, 3.63) is 50.6 Å². The molecule has 37 heavy (non-hydrogen) atoms. The van der Waals surface area contributed by atoms with Crippen LogP contribution in [0.15, 0.2) is 24.3 Å². The van der Waals surface area contributed by atoms with E-state index in [-0.39, 0.29) is 36.0 Å². The molecule has 1 fully saturated rings. The molecule has 2 unspecified atom stereocenters. The number of benzene rings is 1. The number of halogens is 2. The van der Waals surface area contributed by atoms with E-state index in [0.717, 1.165) is 41.0 Å². The van der Waals surface area contributed by atoms with Crippen LogP contribution in [-0.4, -0.2) is 77.3 Å². The van der Waals surface area contributed by atoms with Crippen molar-refractivity contribution in [2.45, 2.75) is 37.9 Å². The average Bonchev–Trinajstić information content (AvgIpc) is 3.54. The van der Waals surface area contributed by atoms with E-state index in [0.29, 0.717) is 28.6 Å². The molecule has 1 aliphatic heterocycles. The molecule has 0 spiro atoms. The van der Waals surface area contributed by atoms with E-state index >= 15 is 0 Å². The SMILES string of the molecule is CN1CCc2nc(C(=O)N[C@@H]3CC(C(=O)N(C)C)CC3NC(=O)c3cc4cc(Cl)ccc4[nH]3)sc2C1.Cl. The summed E-state index contributed by atoms with van der Waals surface area (Å²) < 4.78 is 0. The molecule has 3 atom stereocenters. The number of carbonyl (C=O) groups is 3. The maximum absolute atomic E-state index is 13.2. The van der Waals surface area contributed by atoms with Crippen LogP contribution in [0.2, 0.25) is 5.02 Å². The number of hydrogen-bond donors (Lipinski definition) is 3. The van der Waals surface area contributed by atoms with Crippen molar-refractivity contribution in [2.75, 3.05) is 27.7 Å². The Morgan fingerprint density at radius 3 is 2.54 bits per heavy atom. The zero-order valence-corrected chi connectivity index (χ0v) is 23.2. The van der Waals surface area contributed by atoms with Crippen LogP contribution in [0.1, 0.15) is 43.7 Å². The predicted octanol–water partition coefficient (Wildman–Crippen LogP) is 3.08. The lowest BCUT2D eigenvalue weighted by Gasteiger charge is -2.21. The first-order valence-corrected chi connectivity index (χ1v) is 13.2. The van der Waals surface area contributed by atoms with Crippen LogP contribution in [0.25, 0.3) is 10.9 Å². The Bertz CT molecular complexity index is 1340. The van der Waals surface area contributed by atoms with E-state index in [1.165, 1.54) is 11.3 Å². The van der Waals surface area contributed by atoms with Crippen LogP contribution >= 0.6 is 35.3 Å². The summed E-state index contributed by atoms with van der Waals surface area (Å²) in [5.74, 6) is -0.869. The Kier molecular flexibility index (Phi) is 8.13. The van der Waals surface area contributed by atoms with Gasteiger partial charge in [0.15, 0.2) is 5.01 Å². The number of carbonyl (C=O) groups excluding carboxylic acids is 3. The number of fused-ring (bicyclic) bond motifs is 2. The molecule has 3 heterocycles. The second-order valence-corrected chi connectivity index (χ2v) is 11.4. The molecule has 5 rings (SSSR count). The van der Waals surface area contributed by atoms with Crippen molar-refractivity contribution in [1.29, 1.82) is 0 Å². The molecule has 1 saturated carbocycles.